The summed E-state index contributed by atoms with van der Waals surface area (Å²) >= 11 is 0. The molecule has 2 rings (SSSR count). The number of aliphatic hydroxyl groups excluding tert-OH is 1. The molecule has 30 heavy (non-hydrogen) atoms. The van der Waals surface area contributed by atoms with E-state index >= 15 is 0 Å². The Morgan fingerprint density at radius 1 is 1.13 bits per heavy atom. The second-order valence-corrected chi connectivity index (χ2v) is 6.63. The first-order chi connectivity index (χ1) is 14.1. The number of hydrogen-bond acceptors (Lipinski definition) is 9. The summed E-state index contributed by atoms with van der Waals surface area (Å²) in [6.07, 6.45) is 5.39. The zero-order valence-electron chi connectivity index (χ0n) is 16.6. The van der Waals surface area contributed by atoms with E-state index in [0.29, 0.717) is 31.6 Å². The van der Waals surface area contributed by atoms with Gasteiger partial charge in [0.2, 0.25) is 0 Å². The van der Waals surface area contributed by atoms with Crippen LogP contribution in [0.2, 0.25) is 0 Å². The van der Waals surface area contributed by atoms with Crippen LogP contribution in [0.15, 0.2) is 12.5 Å². The number of rotatable bonds is 9. The lowest BCUT2D eigenvalue weighted by Gasteiger charge is -2.03. The molecule has 0 spiro atoms. The standard InChI is InChI=1S/C6H9N3O2.C6H14N2O2.C5H9NO3/c7-5(6(10)11)1-4-2-8-3-9-4;7-4-2-1-3-5(8)6(9)10;7-3-1-4(5(8)9)6-2-3/h2-3,5H,1,7H2,(H,8,9)(H,10,11);5H,1-4,7-8H2,(H,9,10);3-4,6-7H,1-2H2,(H,8,9)/t2*5-;3-,4+/m001/s1. The molecule has 12 N–H and O–H groups in total. The van der Waals surface area contributed by atoms with Gasteiger partial charge < -0.3 is 47.9 Å². The lowest BCUT2D eigenvalue weighted by molar-refractivity contribution is -0.140. The zero-order valence-corrected chi connectivity index (χ0v) is 16.6. The van der Waals surface area contributed by atoms with E-state index in [1.54, 1.807) is 6.20 Å². The van der Waals surface area contributed by atoms with Gasteiger partial charge in [0.15, 0.2) is 0 Å². The number of carboxylic acid groups (broad SMARTS) is 3. The molecule has 0 unspecified atom stereocenters. The van der Waals surface area contributed by atoms with E-state index in [4.69, 9.17) is 37.6 Å². The smallest absolute Gasteiger partial charge is 0.320 e. The van der Waals surface area contributed by atoms with Gasteiger partial charge in [0, 0.05) is 25.6 Å². The minimum atomic E-state index is -1.01. The van der Waals surface area contributed by atoms with Crippen LogP contribution in [0.3, 0.4) is 0 Å². The fourth-order valence-electron chi connectivity index (χ4n) is 2.25. The average Bonchev–Trinajstić information content (AvgIpc) is 3.34. The Kier molecular flexibility index (Phi) is 14.0. The van der Waals surface area contributed by atoms with Crippen LogP contribution in [-0.2, 0) is 20.8 Å². The molecule has 1 aromatic rings. The third-order valence-corrected chi connectivity index (χ3v) is 3.99. The molecule has 13 heteroatoms. The fourth-order valence-corrected chi connectivity index (χ4v) is 2.25. The lowest BCUT2D eigenvalue weighted by Crippen LogP contribution is -2.32. The molecular formula is C17H32N6O7. The van der Waals surface area contributed by atoms with Crippen molar-refractivity contribution in [2.75, 3.05) is 13.1 Å². The highest BCUT2D eigenvalue weighted by atomic mass is 16.4. The van der Waals surface area contributed by atoms with Crippen LogP contribution < -0.4 is 22.5 Å². The second kappa shape index (κ2) is 15.3. The monoisotopic (exact) mass is 432 g/mol. The van der Waals surface area contributed by atoms with Gasteiger partial charge in [-0.2, -0.15) is 0 Å². The first kappa shape index (κ1) is 27.4. The maximum atomic E-state index is 10.3. The predicted molar refractivity (Wildman–Crippen MR) is 106 cm³/mol. The molecule has 0 saturated carbocycles. The Morgan fingerprint density at radius 3 is 2.13 bits per heavy atom. The number of nitrogens with one attached hydrogen (secondary N) is 2. The highest BCUT2D eigenvalue weighted by Crippen LogP contribution is 2.05. The molecule has 4 atom stereocenters. The van der Waals surface area contributed by atoms with Crippen molar-refractivity contribution in [3.63, 3.8) is 0 Å². The highest BCUT2D eigenvalue weighted by molar-refractivity contribution is 5.74. The summed E-state index contributed by atoms with van der Waals surface area (Å²) in [6.45, 7) is 1.00. The summed E-state index contributed by atoms with van der Waals surface area (Å²) < 4.78 is 0. The van der Waals surface area contributed by atoms with Gasteiger partial charge in [0.25, 0.3) is 0 Å². The van der Waals surface area contributed by atoms with Crippen molar-refractivity contribution in [2.24, 2.45) is 17.2 Å². The largest absolute Gasteiger partial charge is 0.480 e. The molecule has 0 bridgehead atoms. The molecule has 0 aliphatic carbocycles. The van der Waals surface area contributed by atoms with Gasteiger partial charge in [-0.25, -0.2) is 4.98 Å². The number of nitrogens with two attached hydrogens (primary N) is 3. The summed E-state index contributed by atoms with van der Waals surface area (Å²) in [5.41, 5.74) is 16.3. The minimum Gasteiger partial charge on any atom is -0.480 e. The van der Waals surface area contributed by atoms with Gasteiger partial charge in [-0.05, 0) is 19.4 Å². The van der Waals surface area contributed by atoms with Crippen molar-refractivity contribution < 1.29 is 34.8 Å². The van der Waals surface area contributed by atoms with Gasteiger partial charge in [0.05, 0.1) is 18.1 Å². The van der Waals surface area contributed by atoms with E-state index in [-0.39, 0.29) is 6.42 Å². The van der Waals surface area contributed by atoms with Crippen LogP contribution in [0.5, 0.6) is 0 Å². The van der Waals surface area contributed by atoms with Gasteiger partial charge >= 0.3 is 17.9 Å². The van der Waals surface area contributed by atoms with Crippen LogP contribution >= 0.6 is 0 Å². The number of carboxylic acids is 3. The Bertz CT molecular complexity index is 628. The Morgan fingerprint density at radius 2 is 1.77 bits per heavy atom. The summed E-state index contributed by atoms with van der Waals surface area (Å²) in [7, 11) is 0. The van der Waals surface area contributed by atoms with E-state index in [1.165, 1.54) is 6.33 Å². The topological polar surface area (TPSA) is 251 Å². The minimum absolute atomic E-state index is 0.263. The molecule has 1 aliphatic rings. The van der Waals surface area contributed by atoms with Gasteiger partial charge in [-0.1, -0.05) is 6.42 Å². The van der Waals surface area contributed by atoms with Crippen LogP contribution in [0.1, 0.15) is 31.4 Å². The van der Waals surface area contributed by atoms with Crippen molar-refractivity contribution in [3.05, 3.63) is 18.2 Å². The second-order valence-electron chi connectivity index (χ2n) is 6.63. The normalized spacial score (nSPS) is 19.5. The van der Waals surface area contributed by atoms with Gasteiger partial charge in [0.1, 0.15) is 18.1 Å². The van der Waals surface area contributed by atoms with Crippen molar-refractivity contribution in [1.82, 2.24) is 15.3 Å². The summed E-state index contributed by atoms with van der Waals surface area (Å²) in [4.78, 5) is 37.1. The third-order valence-electron chi connectivity index (χ3n) is 3.99. The molecule has 172 valence electrons. The number of nitrogens with zero attached hydrogens (tertiary/aromatic N) is 1. The summed E-state index contributed by atoms with van der Waals surface area (Å²) in [5, 5.41) is 36.6. The van der Waals surface area contributed by atoms with E-state index in [2.05, 4.69) is 15.3 Å². The van der Waals surface area contributed by atoms with Crippen LogP contribution in [-0.4, -0.2) is 85.6 Å². The highest BCUT2D eigenvalue weighted by Gasteiger charge is 2.27. The number of carbonyl (C=O) groups is 3. The van der Waals surface area contributed by atoms with Crippen molar-refractivity contribution in [3.8, 4) is 0 Å². The first-order valence-corrected chi connectivity index (χ1v) is 9.37. The molecule has 1 fully saturated rings. The summed E-state index contributed by atoms with van der Waals surface area (Å²) in [5.74, 6) is -2.82. The maximum Gasteiger partial charge on any atom is 0.320 e. The molecule has 1 saturated heterocycles. The number of aromatic amines is 1. The maximum absolute atomic E-state index is 10.3. The Labute approximate surface area is 173 Å². The summed E-state index contributed by atoms with van der Waals surface area (Å²) in [6, 6.07) is -2.12. The van der Waals surface area contributed by atoms with Crippen molar-refractivity contribution in [1.29, 1.82) is 0 Å². The number of imidazole rings is 1. The molecular weight excluding hydrogens is 400 g/mol. The number of unbranched alkanes of at least 4 members (excludes halogenated alkanes) is 1. The average molecular weight is 432 g/mol. The number of aliphatic carboxylic acids is 3. The SMILES string of the molecule is NCCCC[C@H](N)C(=O)O.N[C@@H](Cc1c[nH]cn1)C(=O)O.O=C(O)[C@@H]1C[C@@H](O)CN1. The van der Waals surface area contributed by atoms with Crippen molar-refractivity contribution in [2.45, 2.75) is 56.3 Å². The number of aliphatic hydroxyl groups is 1. The first-order valence-electron chi connectivity index (χ1n) is 9.37. The van der Waals surface area contributed by atoms with Gasteiger partial charge in [-0.3, -0.25) is 14.4 Å². The number of aromatic nitrogens is 2. The Balaban J connectivity index is 0.000000423. The van der Waals surface area contributed by atoms with Gasteiger partial charge in [-0.15, -0.1) is 0 Å². The third kappa shape index (κ3) is 12.8. The molecule has 2 heterocycles. The molecule has 0 amide bonds. The fraction of sp³-hybridized carbons (Fsp3) is 0.647. The van der Waals surface area contributed by atoms with Crippen molar-refractivity contribution >= 4 is 17.9 Å². The number of H-pyrrole nitrogens is 1. The van der Waals surface area contributed by atoms with Crippen LogP contribution in [0.4, 0.5) is 0 Å². The predicted octanol–water partition coefficient (Wildman–Crippen LogP) is -2.31. The number of hydrogen-bond donors (Lipinski definition) is 9. The quantitative estimate of drug-likeness (QED) is 0.186. The van der Waals surface area contributed by atoms with Crippen LogP contribution in [0, 0.1) is 0 Å². The van der Waals surface area contributed by atoms with E-state index in [0.717, 1.165) is 12.8 Å². The van der Waals surface area contributed by atoms with E-state index < -0.39 is 42.1 Å². The zero-order chi connectivity index (χ0) is 23.1. The molecule has 13 nitrogen and oxygen atoms in total. The van der Waals surface area contributed by atoms with Crippen LogP contribution in [0.25, 0.3) is 0 Å². The van der Waals surface area contributed by atoms with E-state index in [9.17, 15) is 14.4 Å². The number of β-amino-alcohol motifs (C(OH)–C–C–N with tert-alkyl or cyclic N) is 1. The molecule has 1 aromatic heterocycles. The lowest BCUT2D eigenvalue weighted by atomic mass is 10.1. The molecule has 0 aromatic carbocycles. The Hall–Kier alpha value is -2.58. The van der Waals surface area contributed by atoms with E-state index in [1.807, 2.05) is 0 Å². The molecule has 1 aliphatic heterocycles. The molecule has 0 radical (unpaired) electrons.